The van der Waals surface area contributed by atoms with Crippen LogP contribution in [0.1, 0.15) is 15.9 Å². The van der Waals surface area contributed by atoms with Crippen LogP contribution < -0.4 is 0 Å². The summed E-state index contributed by atoms with van der Waals surface area (Å²) in [5.41, 5.74) is 0.762. The monoisotopic (exact) mass is 383 g/mol. The molecule has 0 saturated carbocycles. The van der Waals surface area contributed by atoms with Gasteiger partial charge in [-0.2, -0.15) is 4.31 Å². The second-order valence-electron chi connectivity index (χ2n) is 4.69. The fraction of sp³-hybridized carbons (Fsp3) is 0.133. The Morgan fingerprint density at radius 2 is 1.82 bits per heavy atom. The van der Waals surface area contributed by atoms with E-state index >= 15 is 0 Å². The third kappa shape index (κ3) is 3.55. The van der Waals surface area contributed by atoms with Crippen LogP contribution in [-0.4, -0.2) is 30.8 Å². The van der Waals surface area contributed by atoms with Crippen molar-refractivity contribution in [2.75, 3.05) is 7.05 Å². The SMILES string of the molecule is CN(Cc1ccccc1)S(=O)(=O)c1ccc(Br)c(C(=O)O)c1. The van der Waals surface area contributed by atoms with Crippen LogP contribution in [0.2, 0.25) is 0 Å². The lowest BCUT2D eigenvalue weighted by molar-refractivity contribution is 0.0695. The molecule has 1 N–H and O–H groups in total. The van der Waals surface area contributed by atoms with Crippen LogP contribution in [-0.2, 0) is 16.6 Å². The van der Waals surface area contributed by atoms with Gasteiger partial charge in [-0.25, -0.2) is 13.2 Å². The Bertz CT molecular complexity index is 790. The number of carbonyl (C=O) groups is 1. The Hall–Kier alpha value is -1.70. The van der Waals surface area contributed by atoms with Crippen LogP contribution >= 0.6 is 15.9 Å². The van der Waals surface area contributed by atoms with Crippen LogP contribution in [0.3, 0.4) is 0 Å². The van der Waals surface area contributed by atoms with E-state index in [1.165, 1.54) is 23.5 Å². The predicted molar refractivity (Wildman–Crippen MR) is 86.2 cm³/mol. The summed E-state index contributed by atoms with van der Waals surface area (Å²) in [6.07, 6.45) is 0. The molecular weight excluding hydrogens is 370 g/mol. The highest BCUT2D eigenvalue weighted by Gasteiger charge is 2.23. The Morgan fingerprint density at radius 1 is 1.18 bits per heavy atom. The number of sulfonamides is 1. The molecule has 2 aromatic rings. The Balaban J connectivity index is 2.34. The highest BCUT2D eigenvalue weighted by atomic mass is 79.9. The summed E-state index contributed by atoms with van der Waals surface area (Å²) in [6, 6.07) is 13.1. The number of hydrogen-bond donors (Lipinski definition) is 1. The zero-order valence-corrected chi connectivity index (χ0v) is 14.1. The number of benzene rings is 2. The number of carboxylic acid groups (broad SMARTS) is 1. The summed E-state index contributed by atoms with van der Waals surface area (Å²) in [6.45, 7) is 0.210. The quantitative estimate of drug-likeness (QED) is 0.860. The molecule has 0 aliphatic rings. The molecule has 0 atom stereocenters. The highest BCUT2D eigenvalue weighted by molar-refractivity contribution is 9.10. The lowest BCUT2D eigenvalue weighted by Crippen LogP contribution is -2.26. The van der Waals surface area contributed by atoms with E-state index < -0.39 is 16.0 Å². The van der Waals surface area contributed by atoms with Crippen molar-refractivity contribution in [3.05, 3.63) is 64.1 Å². The molecule has 116 valence electrons. The average Bonchev–Trinajstić information content (AvgIpc) is 2.48. The smallest absolute Gasteiger partial charge is 0.336 e. The van der Waals surface area contributed by atoms with Gasteiger partial charge >= 0.3 is 5.97 Å². The van der Waals surface area contributed by atoms with Crippen molar-refractivity contribution in [1.82, 2.24) is 4.31 Å². The first-order valence-electron chi connectivity index (χ1n) is 6.35. The molecule has 0 saturated heterocycles. The van der Waals surface area contributed by atoms with E-state index in [0.717, 1.165) is 11.6 Å². The van der Waals surface area contributed by atoms with Crippen molar-refractivity contribution in [2.45, 2.75) is 11.4 Å². The van der Waals surface area contributed by atoms with Gasteiger partial charge in [0, 0.05) is 18.1 Å². The first-order chi connectivity index (χ1) is 10.3. The summed E-state index contributed by atoms with van der Waals surface area (Å²) in [7, 11) is -2.30. The summed E-state index contributed by atoms with van der Waals surface area (Å²) >= 11 is 3.10. The normalized spacial score (nSPS) is 11.6. The molecule has 0 aliphatic carbocycles. The van der Waals surface area contributed by atoms with E-state index in [1.807, 2.05) is 30.3 Å². The topological polar surface area (TPSA) is 74.7 Å². The van der Waals surface area contributed by atoms with E-state index in [2.05, 4.69) is 15.9 Å². The third-order valence-electron chi connectivity index (χ3n) is 3.12. The molecule has 7 heteroatoms. The van der Waals surface area contributed by atoms with Crippen LogP contribution in [0.25, 0.3) is 0 Å². The summed E-state index contributed by atoms with van der Waals surface area (Å²) in [4.78, 5) is 11.1. The number of carboxylic acids is 1. The highest BCUT2D eigenvalue weighted by Crippen LogP contribution is 2.23. The first kappa shape index (κ1) is 16.7. The Morgan fingerprint density at radius 3 is 2.41 bits per heavy atom. The minimum absolute atomic E-state index is 0.0495. The minimum Gasteiger partial charge on any atom is -0.478 e. The molecule has 22 heavy (non-hydrogen) atoms. The van der Waals surface area contributed by atoms with Gasteiger partial charge in [-0.15, -0.1) is 0 Å². The maximum atomic E-state index is 12.5. The summed E-state index contributed by atoms with van der Waals surface area (Å²) < 4.78 is 26.6. The van der Waals surface area contributed by atoms with Gasteiger partial charge in [0.25, 0.3) is 0 Å². The summed E-state index contributed by atoms with van der Waals surface area (Å²) in [5.74, 6) is -1.19. The van der Waals surface area contributed by atoms with E-state index in [1.54, 1.807) is 0 Å². The van der Waals surface area contributed by atoms with Crippen molar-refractivity contribution in [2.24, 2.45) is 0 Å². The summed E-state index contributed by atoms with van der Waals surface area (Å²) in [5, 5.41) is 9.09. The maximum absolute atomic E-state index is 12.5. The van der Waals surface area contributed by atoms with Gasteiger partial charge in [-0.05, 0) is 39.7 Å². The number of nitrogens with zero attached hydrogens (tertiary/aromatic N) is 1. The zero-order chi connectivity index (χ0) is 16.3. The number of halogens is 1. The molecule has 0 aromatic heterocycles. The second-order valence-corrected chi connectivity index (χ2v) is 7.59. The van der Waals surface area contributed by atoms with E-state index in [-0.39, 0.29) is 17.0 Å². The Kier molecular flexibility index (Phi) is 5.00. The predicted octanol–water partition coefficient (Wildman–Crippen LogP) is 2.97. The maximum Gasteiger partial charge on any atom is 0.336 e. The van der Waals surface area contributed by atoms with Crippen LogP contribution in [0.5, 0.6) is 0 Å². The molecule has 0 unspecified atom stereocenters. The third-order valence-corrected chi connectivity index (χ3v) is 5.62. The van der Waals surface area contributed by atoms with E-state index in [4.69, 9.17) is 5.11 Å². The first-order valence-corrected chi connectivity index (χ1v) is 8.59. The van der Waals surface area contributed by atoms with E-state index in [0.29, 0.717) is 4.47 Å². The molecular formula is C15H14BrNO4S. The molecule has 2 rings (SSSR count). The average molecular weight is 384 g/mol. The lowest BCUT2D eigenvalue weighted by atomic mass is 10.2. The minimum atomic E-state index is -3.76. The van der Waals surface area contributed by atoms with Crippen LogP contribution in [0, 0.1) is 0 Å². The Labute approximate surface area is 137 Å². The zero-order valence-electron chi connectivity index (χ0n) is 11.7. The standard InChI is InChI=1S/C15H14BrNO4S/c1-17(10-11-5-3-2-4-6-11)22(20,21)12-7-8-14(16)13(9-12)15(18)19/h2-9H,10H2,1H3,(H,18,19). The van der Waals surface area contributed by atoms with Gasteiger partial charge in [0.05, 0.1) is 10.5 Å². The molecule has 0 radical (unpaired) electrons. The van der Waals surface area contributed by atoms with Crippen molar-refractivity contribution in [3.63, 3.8) is 0 Å². The molecule has 0 amide bonds. The van der Waals surface area contributed by atoms with Crippen molar-refractivity contribution in [1.29, 1.82) is 0 Å². The molecule has 2 aromatic carbocycles. The van der Waals surface area contributed by atoms with Crippen molar-refractivity contribution >= 4 is 31.9 Å². The van der Waals surface area contributed by atoms with Crippen molar-refractivity contribution < 1.29 is 18.3 Å². The fourth-order valence-corrected chi connectivity index (χ4v) is 3.54. The van der Waals surface area contributed by atoms with Crippen molar-refractivity contribution in [3.8, 4) is 0 Å². The van der Waals surface area contributed by atoms with Gasteiger partial charge in [0.2, 0.25) is 10.0 Å². The number of aromatic carboxylic acids is 1. The number of rotatable bonds is 5. The largest absolute Gasteiger partial charge is 0.478 e. The van der Waals surface area contributed by atoms with Crippen LogP contribution in [0.4, 0.5) is 0 Å². The molecule has 0 heterocycles. The second kappa shape index (κ2) is 6.60. The van der Waals surface area contributed by atoms with Gasteiger partial charge in [-0.1, -0.05) is 30.3 Å². The van der Waals surface area contributed by atoms with Gasteiger partial charge in [0.15, 0.2) is 0 Å². The molecule has 5 nitrogen and oxygen atoms in total. The van der Waals surface area contributed by atoms with Crippen LogP contribution in [0.15, 0.2) is 57.9 Å². The van der Waals surface area contributed by atoms with Gasteiger partial charge < -0.3 is 5.11 Å². The van der Waals surface area contributed by atoms with Gasteiger partial charge in [0.1, 0.15) is 0 Å². The molecule has 0 fully saturated rings. The van der Waals surface area contributed by atoms with E-state index in [9.17, 15) is 13.2 Å². The number of hydrogen-bond acceptors (Lipinski definition) is 3. The fourth-order valence-electron chi connectivity index (χ4n) is 1.93. The molecule has 0 bridgehead atoms. The molecule has 0 spiro atoms. The van der Waals surface area contributed by atoms with Gasteiger partial charge in [-0.3, -0.25) is 0 Å². The lowest BCUT2D eigenvalue weighted by Gasteiger charge is -2.17. The molecule has 0 aliphatic heterocycles.